The van der Waals surface area contributed by atoms with E-state index in [0.717, 1.165) is 13.0 Å². The Morgan fingerprint density at radius 3 is 2.47 bits per heavy atom. The number of carbonyl (C=O) groups is 2. The Bertz CT molecular complexity index is 251. The Morgan fingerprint density at radius 1 is 1.33 bits per heavy atom. The Balaban J connectivity index is 2.34. The fourth-order valence-corrected chi connectivity index (χ4v) is 1.18. The molecule has 0 unspecified atom stereocenters. The van der Waals surface area contributed by atoms with Crippen molar-refractivity contribution in [2.24, 2.45) is 0 Å². The van der Waals surface area contributed by atoms with Crippen molar-refractivity contribution < 1.29 is 19.1 Å². The molecule has 1 saturated heterocycles. The first-order valence-electron chi connectivity index (χ1n) is 4.93. The SMILES string of the molecule is CC(C)(C)OC(=O)OC(=O)[C]1CCCN1. The molecule has 0 aliphatic carbocycles. The fraction of sp³-hybridized carbons (Fsp3) is 0.700. The zero-order chi connectivity index (χ0) is 11.5. The predicted molar refractivity (Wildman–Crippen MR) is 52.8 cm³/mol. The number of ether oxygens (including phenoxy) is 2. The molecule has 1 N–H and O–H groups in total. The maximum absolute atomic E-state index is 11.3. The van der Waals surface area contributed by atoms with E-state index in [4.69, 9.17) is 4.74 Å². The maximum Gasteiger partial charge on any atom is 0.516 e. The fourth-order valence-electron chi connectivity index (χ4n) is 1.18. The summed E-state index contributed by atoms with van der Waals surface area (Å²) in [7, 11) is 0. The molecule has 5 nitrogen and oxygen atoms in total. The van der Waals surface area contributed by atoms with Crippen LogP contribution < -0.4 is 5.32 Å². The first-order chi connectivity index (χ1) is 6.88. The van der Waals surface area contributed by atoms with Crippen LogP contribution in [0.15, 0.2) is 0 Å². The molecule has 15 heavy (non-hydrogen) atoms. The van der Waals surface area contributed by atoms with Crippen LogP contribution in [0.2, 0.25) is 0 Å². The highest BCUT2D eigenvalue weighted by molar-refractivity contribution is 5.91. The van der Waals surface area contributed by atoms with Crippen molar-refractivity contribution in [1.29, 1.82) is 0 Å². The summed E-state index contributed by atoms with van der Waals surface area (Å²) in [5, 5.41) is 2.86. The molecule has 0 atom stereocenters. The Labute approximate surface area is 89.1 Å². The van der Waals surface area contributed by atoms with E-state index < -0.39 is 17.7 Å². The van der Waals surface area contributed by atoms with Crippen LogP contribution in [0.3, 0.4) is 0 Å². The zero-order valence-corrected chi connectivity index (χ0v) is 9.25. The molecule has 85 valence electrons. The van der Waals surface area contributed by atoms with Crippen molar-refractivity contribution in [3.05, 3.63) is 6.04 Å². The van der Waals surface area contributed by atoms with Crippen molar-refractivity contribution >= 4 is 12.1 Å². The summed E-state index contributed by atoms with van der Waals surface area (Å²) in [4.78, 5) is 22.4. The van der Waals surface area contributed by atoms with Crippen LogP contribution >= 0.6 is 0 Å². The van der Waals surface area contributed by atoms with Crippen LogP contribution in [0.1, 0.15) is 33.6 Å². The largest absolute Gasteiger partial charge is 0.516 e. The first kappa shape index (κ1) is 12.0. The molecule has 0 spiro atoms. The molecule has 1 aliphatic heterocycles. The van der Waals surface area contributed by atoms with Crippen LogP contribution in [-0.2, 0) is 14.3 Å². The van der Waals surface area contributed by atoms with Gasteiger partial charge in [-0.15, -0.1) is 0 Å². The zero-order valence-electron chi connectivity index (χ0n) is 9.25. The van der Waals surface area contributed by atoms with Gasteiger partial charge in [0.15, 0.2) is 0 Å². The van der Waals surface area contributed by atoms with Crippen LogP contribution in [0.25, 0.3) is 0 Å². The van der Waals surface area contributed by atoms with Crippen LogP contribution in [-0.4, -0.2) is 24.3 Å². The lowest BCUT2D eigenvalue weighted by Gasteiger charge is -2.18. The highest BCUT2D eigenvalue weighted by Gasteiger charge is 2.28. The molecule has 0 aromatic heterocycles. The van der Waals surface area contributed by atoms with Crippen LogP contribution in [0.5, 0.6) is 0 Å². The van der Waals surface area contributed by atoms with Gasteiger partial charge in [0.05, 0.1) is 0 Å². The standard InChI is InChI=1S/C10H16NO4/c1-10(2,3)15-9(13)14-8(12)7-5-4-6-11-7/h11H,4-6H2,1-3H3. The van der Waals surface area contributed by atoms with Crippen molar-refractivity contribution in [3.63, 3.8) is 0 Å². The Hall–Kier alpha value is -1.10. The summed E-state index contributed by atoms with van der Waals surface area (Å²) >= 11 is 0. The number of hydrogen-bond acceptors (Lipinski definition) is 5. The minimum Gasteiger partial charge on any atom is -0.428 e. The predicted octanol–water partition coefficient (Wildman–Crippen LogP) is 1.38. The maximum atomic E-state index is 11.3. The molecule has 0 bridgehead atoms. The molecular formula is C10H16NO4. The van der Waals surface area contributed by atoms with Gasteiger partial charge in [-0.1, -0.05) is 0 Å². The van der Waals surface area contributed by atoms with Gasteiger partial charge in [0, 0.05) is 0 Å². The normalized spacial score (nSPS) is 17.5. The third-order valence-corrected chi connectivity index (χ3v) is 1.75. The van der Waals surface area contributed by atoms with Gasteiger partial charge in [-0.3, -0.25) is 5.32 Å². The minimum absolute atomic E-state index is 0.445. The van der Waals surface area contributed by atoms with E-state index >= 15 is 0 Å². The van der Waals surface area contributed by atoms with E-state index in [9.17, 15) is 9.59 Å². The Morgan fingerprint density at radius 2 is 2.00 bits per heavy atom. The van der Waals surface area contributed by atoms with E-state index in [1.165, 1.54) is 0 Å². The topological polar surface area (TPSA) is 64.6 Å². The Kier molecular flexibility index (Phi) is 3.68. The number of hydrogen-bond donors (Lipinski definition) is 1. The molecule has 0 aromatic carbocycles. The van der Waals surface area contributed by atoms with Crippen molar-refractivity contribution in [3.8, 4) is 0 Å². The van der Waals surface area contributed by atoms with Crippen molar-refractivity contribution in [2.45, 2.75) is 39.2 Å². The molecule has 1 rings (SSSR count). The van der Waals surface area contributed by atoms with Gasteiger partial charge in [0.25, 0.3) is 0 Å². The van der Waals surface area contributed by atoms with E-state index in [-0.39, 0.29) is 0 Å². The summed E-state index contributed by atoms with van der Waals surface area (Å²) in [6.45, 7) is 5.87. The second kappa shape index (κ2) is 4.61. The lowest BCUT2D eigenvalue weighted by atomic mass is 10.2. The molecule has 5 heteroatoms. The first-order valence-corrected chi connectivity index (χ1v) is 4.93. The molecular weight excluding hydrogens is 198 g/mol. The van der Waals surface area contributed by atoms with Crippen molar-refractivity contribution in [2.75, 3.05) is 6.54 Å². The number of rotatable bonds is 1. The van der Waals surface area contributed by atoms with E-state index in [1.54, 1.807) is 20.8 Å². The summed E-state index contributed by atoms with van der Waals surface area (Å²) in [6.07, 6.45) is 0.564. The van der Waals surface area contributed by atoms with E-state index in [0.29, 0.717) is 12.5 Å². The molecule has 1 aliphatic rings. The molecule has 0 aromatic rings. The summed E-state index contributed by atoms with van der Waals surface area (Å²) in [5.74, 6) is -0.637. The number of nitrogens with one attached hydrogen (secondary N) is 1. The molecule has 0 saturated carbocycles. The van der Waals surface area contributed by atoms with Gasteiger partial charge in [-0.2, -0.15) is 0 Å². The highest BCUT2D eigenvalue weighted by Crippen LogP contribution is 2.15. The summed E-state index contributed by atoms with van der Waals surface area (Å²) in [6, 6.07) is 0.445. The average Bonchev–Trinajstić information content (AvgIpc) is 2.50. The third-order valence-electron chi connectivity index (χ3n) is 1.75. The van der Waals surface area contributed by atoms with Gasteiger partial charge in [-0.05, 0) is 40.2 Å². The molecule has 1 radical (unpaired) electrons. The van der Waals surface area contributed by atoms with Crippen molar-refractivity contribution in [1.82, 2.24) is 5.32 Å². The quantitative estimate of drug-likeness (QED) is 0.527. The lowest BCUT2D eigenvalue weighted by Crippen LogP contribution is -2.30. The smallest absolute Gasteiger partial charge is 0.428 e. The molecule has 1 heterocycles. The van der Waals surface area contributed by atoms with Gasteiger partial charge >= 0.3 is 12.1 Å². The second-order valence-electron chi connectivity index (χ2n) is 4.36. The molecule has 1 fully saturated rings. The van der Waals surface area contributed by atoms with Crippen LogP contribution in [0.4, 0.5) is 4.79 Å². The highest BCUT2D eigenvalue weighted by atomic mass is 16.7. The third kappa shape index (κ3) is 4.29. The monoisotopic (exact) mass is 214 g/mol. The van der Waals surface area contributed by atoms with Crippen LogP contribution in [0, 0.1) is 6.04 Å². The summed E-state index contributed by atoms with van der Waals surface area (Å²) < 4.78 is 9.36. The van der Waals surface area contributed by atoms with Gasteiger partial charge in [0.1, 0.15) is 11.6 Å². The number of carbonyl (C=O) groups excluding carboxylic acids is 2. The molecule has 0 amide bonds. The van der Waals surface area contributed by atoms with Gasteiger partial charge < -0.3 is 9.47 Å². The minimum atomic E-state index is -0.950. The van der Waals surface area contributed by atoms with Gasteiger partial charge in [0.2, 0.25) is 0 Å². The van der Waals surface area contributed by atoms with E-state index in [1.807, 2.05) is 0 Å². The van der Waals surface area contributed by atoms with Gasteiger partial charge in [-0.25, -0.2) is 9.59 Å². The summed E-state index contributed by atoms with van der Waals surface area (Å²) in [5.41, 5.74) is -0.648. The van der Waals surface area contributed by atoms with E-state index in [2.05, 4.69) is 10.1 Å². The lowest BCUT2D eigenvalue weighted by molar-refractivity contribution is -0.139. The number of esters is 1. The second-order valence-corrected chi connectivity index (χ2v) is 4.36. The average molecular weight is 214 g/mol.